The molecule has 0 aliphatic heterocycles. The molecule has 1 aromatic heterocycles. The predicted molar refractivity (Wildman–Crippen MR) is 113 cm³/mol. The number of nitrogens with zero attached hydrogens (tertiary/aromatic N) is 3. The molecule has 0 saturated heterocycles. The molecule has 2 N–H and O–H groups in total. The fourth-order valence-electron chi connectivity index (χ4n) is 2.40. The van der Waals surface area contributed by atoms with Gasteiger partial charge in [-0.1, -0.05) is 23.9 Å². The number of aromatic amines is 1. The van der Waals surface area contributed by atoms with Crippen molar-refractivity contribution in [3.8, 4) is 11.5 Å². The second kappa shape index (κ2) is 9.74. The molecule has 150 valence electrons. The number of carbonyl (C=O) groups is 1. The summed E-state index contributed by atoms with van der Waals surface area (Å²) in [6.07, 6.45) is 0. The number of ether oxygens (including phenoxy) is 2. The first-order valence-corrected chi connectivity index (χ1v) is 9.75. The van der Waals surface area contributed by atoms with E-state index < -0.39 is 0 Å². The molecule has 8 nitrogen and oxygen atoms in total. The number of anilines is 1. The quantitative estimate of drug-likeness (QED) is 0.240. The maximum Gasteiger partial charge on any atom is 0.240 e. The van der Waals surface area contributed by atoms with Gasteiger partial charge in [0, 0.05) is 11.1 Å². The lowest BCUT2D eigenvalue weighted by atomic mass is 10.1. The van der Waals surface area contributed by atoms with E-state index in [0.717, 1.165) is 17.0 Å². The van der Waals surface area contributed by atoms with Crippen molar-refractivity contribution in [1.82, 2.24) is 15.2 Å². The van der Waals surface area contributed by atoms with Crippen molar-refractivity contribution in [2.24, 2.45) is 5.10 Å². The van der Waals surface area contributed by atoms with Crippen molar-refractivity contribution in [3.63, 3.8) is 0 Å². The summed E-state index contributed by atoms with van der Waals surface area (Å²) in [4.78, 5) is 16.6. The number of carbonyl (C=O) groups excluding carboxylic acids is 1. The maximum absolute atomic E-state index is 12.3. The van der Waals surface area contributed by atoms with Crippen molar-refractivity contribution in [2.75, 3.05) is 25.4 Å². The van der Waals surface area contributed by atoms with Crippen molar-refractivity contribution >= 4 is 29.2 Å². The molecular weight excluding hydrogens is 390 g/mol. The van der Waals surface area contributed by atoms with Crippen LogP contribution in [0.2, 0.25) is 0 Å². The summed E-state index contributed by atoms with van der Waals surface area (Å²) < 4.78 is 10.3. The molecule has 1 heterocycles. The van der Waals surface area contributed by atoms with Gasteiger partial charge in [-0.15, -0.1) is 5.10 Å². The Morgan fingerprint density at radius 1 is 1.10 bits per heavy atom. The molecule has 2 aromatic carbocycles. The number of rotatable bonds is 9. The zero-order valence-electron chi connectivity index (χ0n) is 16.3. The standard InChI is InChI=1S/C20H21N5O3S/c1-13(15-5-4-6-17(11-15)28-3)22-23-19-21-20(25-24-19)29-12-18(26)14-7-9-16(27-2)10-8-14/h4-11H,12H2,1-3H3,(H2,21,23,24,25)/b22-13+. The summed E-state index contributed by atoms with van der Waals surface area (Å²) in [5.74, 6) is 2.09. The first-order chi connectivity index (χ1) is 14.1. The molecular formula is C20H21N5O3S. The summed E-state index contributed by atoms with van der Waals surface area (Å²) in [5, 5.41) is 11.6. The smallest absolute Gasteiger partial charge is 0.240 e. The highest BCUT2D eigenvalue weighted by Crippen LogP contribution is 2.18. The molecule has 3 rings (SSSR count). The second-order valence-electron chi connectivity index (χ2n) is 5.95. The molecule has 9 heteroatoms. The van der Waals surface area contributed by atoms with Crippen LogP contribution in [0, 0.1) is 0 Å². The van der Waals surface area contributed by atoms with E-state index in [9.17, 15) is 4.79 Å². The molecule has 0 aliphatic rings. The van der Waals surface area contributed by atoms with E-state index in [-0.39, 0.29) is 11.5 Å². The third kappa shape index (κ3) is 5.58. The third-order valence-electron chi connectivity index (χ3n) is 4.03. The van der Waals surface area contributed by atoms with Crippen LogP contribution in [0.25, 0.3) is 0 Å². The van der Waals surface area contributed by atoms with Crippen LogP contribution < -0.4 is 14.9 Å². The number of nitrogens with one attached hydrogen (secondary N) is 2. The van der Waals surface area contributed by atoms with Gasteiger partial charge in [0.25, 0.3) is 0 Å². The van der Waals surface area contributed by atoms with Crippen LogP contribution in [0.3, 0.4) is 0 Å². The predicted octanol–water partition coefficient (Wildman–Crippen LogP) is 3.63. The number of aromatic nitrogens is 3. The molecule has 0 radical (unpaired) electrons. The van der Waals surface area contributed by atoms with Gasteiger partial charge in [0.15, 0.2) is 5.78 Å². The lowest BCUT2D eigenvalue weighted by Gasteiger charge is -2.04. The zero-order chi connectivity index (χ0) is 20.6. The van der Waals surface area contributed by atoms with Crippen LogP contribution in [0.1, 0.15) is 22.8 Å². The van der Waals surface area contributed by atoms with Crippen LogP contribution in [0.15, 0.2) is 58.8 Å². The lowest BCUT2D eigenvalue weighted by Crippen LogP contribution is -2.02. The van der Waals surface area contributed by atoms with Gasteiger partial charge in [-0.05, 0) is 43.3 Å². The van der Waals surface area contributed by atoms with Gasteiger partial charge < -0.3 is 9.47 Å². The van der Waals surface area contributed by atoms with Gasteiger partial charge in [0.1, 0.15) is 11.5 Å². The Hall–Kier alpha value is -3.33. The maximum atomic E-state index is 12.3. The number of Topliss-reactive ketones (excluding diaryl/α,β-unsaturated/α-hetero) is 1. The van der Waals surface area contributed by atoms with Crippen molar-refractivity contribution in [1.29, 1.82) is 0 Å². The zero-order valence-corrected chi connectivity index (χ0v) is 17.1. The van der Waals surface area contributed by atoms with E-state index in [0.29, 0.717) is 22.4 Å². The highest BCUT2D eigenvalue weighted by atomic mass is 32.2. The van der Waals surface area contributed by atoms with Crippen LogP contribution in [0.5, 0.6) is 11.5 Å². The van der Waals surface area contributed by atoms with E-state index in [1.807, 2.05) is 31.2 Å². The molecule has 0 spiro atoms. The van der Waals surface area contributed by atoms with Gasteiger partial charge in [0.05, 0.1) is 25.7 Å². The summed E-state index contributed by atoms with van der Waals surface area (Å²) >= 11 is 1.25. The average molecular weight is 411 g/mol. The van der Waals surface area contributed by atoms with Gasteiger partial charge in [-0.25, -0.2) is 10.5 Å². The van der Waals surface area contributed by atoms with Gasteiger partial charge in [0.2, 0.25) is 11.1 Å². The SMILES string of the molecule is COc1ccc(C(=O)CSc2n[nH]c(N/N=C(\C)c3cccc(OC)c3)n2)cc1. The molecule has 0 atom stereocenters. The molecule has 0 fully saturated rings. The lowest BCUT2D eigenvalue weighted by molar-refractivity contribution is 0.102. The van der Waals surface area contributed by atoms with E-state index >= 15 is 0 Å². The minimum absolute atomic E-state index is 0.0103. The molecule has 3 aromatic rings. The third-order valence-corrected chi connectivity index (χ3v) is 4.87. The van der Waals surface area contributed by atoms with Gasteiger partial charge in [-0.2, -0.15) is 10.1 Å². The van der Waals surface area contributed by atoms with E-state index in [2.05, 4.69) is 25.7 Å². The summed E-state index contributed by atoms with van der Waals surface area (Å²) in [6.45, 7) is 1.88. The number of thioether (sulfide) groups is 1. The van der Waals surface area contributed by atoms with E-state index in [1.54, 1.807) is 38.5 Å². The van der Waals surface area contributed by atoms with Crippen LogP contribution in [-0.4, -0.2) is 46.6 Å². The normalized spacial score (nSPS) is 11.2. The number of methoxy groups -OCH3 is 2. The number of benzene rings is 2. The number of hydrogen-bond acceptors (Lipinski definition) is 8. The number of hydrazone groups is 1. The van der Waals surface area contributed by atoms with Crippen LogP contribution in [0.4, 0.5) is 5.95 Å². The largest absolute Gasteiger partial charge is 0.497 e. The fourth-order valence-corrected chi connectivity index (χ4v) is 3.09. The monoisotopic (exact) mass is 411 g/mol. The molecule has 0 aliphatic carbocycles. The topological polar surface area (TPSA) is 101 Å². The van der Waals surface area contributed by atoms with Crippen molar-refractivity contribution in [2.45, 2.75) is 12.1 Å². The number of hydrogen-bond donors (Lipinski definition) is 2. The first-order valence-electron chi connectivity index (χ1n) is 8.76. The molecule has 0 bridgehead atoms. The molecule has 29 heavy (non-hydrogen) atoms. The van der Waals surface area contributed by atoms with Gasteiger partial charge >= 0.3 is 0 Å². The Morgan fingerprint density at radius 2 is 1.86 bits per heavy atom. The van der Waals surface area contributed by atoms with Crippen molar-refractivity contribution < 1.29 is 14.3 Å². The van der Waals surface area contributed by atoms with Crippen LogP contribution >= 0.6 is 11.8 Å². The second-order valence-corrected chi connectivity index (χ2v) is 6.89. The van der Waals surface area contributed by atoms with E-state index in [4.69, 9.17) is 9.47 Å². The Kier molecular flexibility index (Phi) is 6.85. The Balaban J connectivity index is 1.55. The summed E-state index contributed by atoms with van der Waals surface area (Å²) in [5.41, 5.74) is 5.15. The molecule has 0 amide bonds. The van der Waals surface area contributed by atoms with Crippen LogP contribution in [-0.2, 0) is 0 Å². The summed E-state index contributed by atoms with van der Waals surface area (Å²) in [6, 6.07) is 14.6. The highest BCUT2D eigenvalue weighted by molar-refractivity contribution is 7.99. The number of H-pyrrole nitrogens is 1. The number of ketones is 1. The first kappa shape index (κ1) is 20.4. The average Bonchev–Trinajstić information content (AvgIpc) is 3.23. The minimum Gasteiger partial charge on any atom is -0.497 e. The molecule has 0 unspecified atom stereocenters. The van der Waals surface area contributed by atoms with Gasteiger partial charge in [-0.3, -0.25) is 4.79 Å². The Bertz CT molecular complexity index is 1000. The highest BCUT2D eigenvalue weighted by Gasteiger charge is 2.10. The molecule has 0 saturated carbocycles. The Labute approximate surface area is 172 Å². The van der Waals surface area contributed by atoms with E-state index in [1.165, 1.54) is 11.8 Å². The minimum atomic E-state index is -0.0103. The Morgan fingerprint density at radius 3 is 2.59 bits per heavy atom. The fraction of sp³-hybridized carbons (Fsp3) is 0.200. The van der Waals surface area contributed by atoms with Crippen molar-refractivity contribution in [3.05, 3.63) is 59.7 Å². The summed E-state index contributed by atoms with van der Waals surface area (Å²) in [7, 11) is 3.21.